The first-order valence-corrected chi connectivity index (χ1v) is 10.9. The van der Waals surface area contributed by atoms with Gasteiger partial charge >= 0.3 is 0 Å². The first-order valence-electron chi connectivity index (χ1n) is 9.65. The second-order valence-electron chi connectivity index (χ2n) is 6.50. The summed E-state index contributed by atoms with van der Waals surface area (Å²) in [5.74, 6) is 0.298. The molecular formula is C22H27BrN2O2S. The molecule has 0 bridgehead atoms. The van der Waals surface area contributed by atoms with Crippen molar-refractivity contribution in [3.05, 3.63) is 64.1 Å². The van der Waals surface area contributed by atoms with Gasteiger partial charge in [0.05, 0.1) is 12.2 Å². The number of carbonyl (C=O) groups excluding carboxylic acids is 1. The molecule has 2 aromatic carbocycles. The van der Waals surface area contributed by atoms with Gasteiger partial charge < -0.3 is 10.1 Å². The SMILES string of the molecule is CCCCCCOc1ccc(Br)cc1C(=O)NC(=S)NCCc1ccccc1. The van der Waals surface area contributed by atoms with Crippen LogP contribution in [0, 0.1) is 0 Å². The number of amides is 1. The lowest BCUT2D eigenvalue weighted by atomic mass is 10.1. The van der Waals surface area contributed by atoms with Crippen LogP contribution in [0.5, 0.6) is 5.75 Å². The van der Waals surface area contributed by atoms with Gasteiger partial charge in [0, 0.05) is 11.0 Å². The number of hydrogen-bond acceptors (Lipinski definition) is 3. The Labute approximate surface area is 181 Å². The van der Waals surface area contributed by atoms with Gasteiger partial charge in [-0.25, -0.2) is 0 Å². The minimum atomic E-state index is -0.276. The predicted molar refractivity (Wildman–Crippen MR) is 122 cm³/mol. The zero-order valence-electron chi connectivity index (χ0n) is 16.2. The van der Waals surface area contributed by atoms with Gasteiger partial charge in [-0.3, -0.25) is 10.1 Å². The molecule has 0 saturated carbocycles. The van der Waals surface area contributed by atoms with Gasteiger partial charge in [0.25, 0.3) is 5.91 Å². The molecule has 1 amide bonds. The summed E-state index contributed by atoms with van der Waals surface area (Å²) in [5, 5.41) is 6.14. The quantitative estimate of drug-likeness (QED) is 0.373. The van der Waals surface area contributed by atoms with E-state index < -0.39 is 0 Å². The Bertz CT molecular complexity index is 768. The minimum absolute atomic E-state index is 0.276. The summed E-state index contributed by atoms with van der Waals surface area (Å²) in [4.78, 5) is 12.7. The molecule has 0 aliphatic carbocycles. The number of nitrogens with one attached hydrogen (secondary N) is 2. The Morgan fingerprint density at radius 1 is 1.11 bits per heavy atom. The molecule has 0 fully saturated rings. The Kier molecular flexibility index (Phi) is 10.0. The lowest BCUT2D eigenvalue weighted by Crippen LogP contribution is -2.40. The monoisotopic (exact) mass is 462 g/mol. The van der Waals surface area contributed by atoms with E-state index in [2.05, 4.69) is 45.6 Å². The molecule has 0 radical (unpaired) electrons. The zero-order valence-corrected chi connectivity index (χ0v) is 18.6. The molecule has 6 heteroatoms. The molecule has 4 nitrogen and oxygen atoms in total. The maximum atomic E-state index is 12.7. The Morgan fingerprint density at radius 2 is 1.89 bits per heavy atom. The molecule has 0 heterocycles. The molecule has 0 unspecified atom stereocenters. The average Bonchev–Trinajstić information content (AvgIpc) is 2.69. The van der Waals surface area contributed by atoms with Crippen LogP contribution in [0.25, 0.3) is 0 Å². The normalized spacial score (nSPS) is 10.4. The molecule has 2 N–H and O–H groups in total. The van der Waals surface area contributed by atoms with Crippen molar-refractivity contribution in [2.45, 2.75) is 39.0 Å². The van der Waals surface area contributed by atoms with Crippen molar-refractivity contribution in [3.8, 4) is 5.75 Å². The van der Waals surface area contributed by atoms with Crippen molar-refractivity contribution >= 4 is 39.2 Å². The van der Waals surface area contributed by atoms with E-state index in [1.54, 1.807) is 6.07 Å². The summed E-state index contributed by atoms with van der Waals surface area (Å²) in [6.45, 7) is 3.43. The van der Waals surface area contributed by atoms with Crippen LogP contribution >= 0.6 is 28.1 Å². The van der Waals surface area contributed by atoms with Crippen LogP contribution in [-0.2, 0) is 6.42 Å². The van der Waals surface area contributed by atoms with Crippen LogP contribution in [0.4, 0.5) is 0 Å². The molecule has 0 aliphatic rings. The van der Waals surface area contributed by atoms with E-state index in [9.17, 15) is 4.79 Å². The lowest BCUT2D eigenvalue weighted by molar-refractivity contribution is 0.0972. The number of thiocarbonyl (C=S) groups is 1. The molecule has 2 rings (SSSR count). The highest BCUT2D eigenvalue weighted by atomic mass is 79.9. The number of ether oxygens (including phenoxy) is 1. The van der Waals surface area contributed by atoms with Crippen molar-refractivity contribution in [1.29, 1.82) is 0 Å². The summed E-state index contributed by atoms with van der Waals surface area (Å²) in [6.07, 6.45) is 5.31. The van der Waals surface area contributed by atoms with Crippen molar-refractivity contribution in [3.63, 3.8) is 0 Å². The number of carbonyl (C=O) groups is 1. The summed E-state index contributed by atoms with van der Waals surface area (Å²) in [6, 6.07) is 15.6. The van der Waals surface area contributed by atoms with Crippen LogP contribution < -0.4 is 15.4 Å². The van der Waals surface area contributed by atoms with Crippen LogP contribution in [0.1, 0.15) is 48.5 Å². The van der Waals surface area contributed by atoms with Gasteiger partial charge in [-0.2, -0.15) is 0 Å². The lowest BCUT2D eigenvalue weighted by Gasteiger charge is -2.13. The Morgan fingerprint density at radius 3 is 2.64 bits per heavy atom. The number of hydrogen-bond donors (Lipinski definition) is 2. The first-order chi connectivity index (χ1) is 13.6. The van der Waals surface area contributed by atoms with Gasteiger partial charge in [-0.05, 0) is 48.8 Å². The number of halogens is 1. The molecule has 28 heavy (non-hydrogen) atoms. The van der Waals surface area contributed by atoms with E-state index in [1.165, 1.54) is 18.4 Å². The van der Waals surface area contributed by atoms with E-state index in [-0.39, 0.29) is 5.91 Å². The fourth-order valence-corrected chi connectivity index (χ4v) is 3.25. The standard InChI is InChI=1S/C22H27BrN2O2S/c1-2-3-4-8-15-27-20-12-11-18(23)16-19(20)21(26)25-22(28)24-14-13-17-9-6-5-7-10-17/h5-7,9-12,16H,2-4,8,13-15H2,1H3,(H2,24,25,26,28). The fraction of sp³-hybridized carbons (Fsp3) is 0.364. The molecule has 2 aromatic rings. The largest absolute Gasteiger partial charge is 0.493 e. The van der Waals surface area contributed by atoms with Crippen LogP contribution in [0.3, 0.4) is 0 Å². The minimum Gasteiger partial charge on any atom is -0.493 e. The maximum absolute atomic E-state index is 12.7. The Balaban J connectivity index is 1.85. The second kappa shape index (κ2) is 12.5. The van der Waals surface area contributed by atoms with Gasteiger partial charge in [0.1, 0.15) is 5.75 Å². The van der Waals surface area contributed by atoms with Crippen molar-refractivity contribution < 1.29 is 9.53 Å². The number of rotatable bonds is 10. The summed E-state index contributed by atoms with van der Waals surface area (Å²) >= 11 is 8.68. The maximum Gasteiger partial charge on any atom is 0.261 e. The predicted octanol–water partition coefficient (Wildman–Crippen LogP) is 5.26. The van der Waals surface area contributed by atoms with Crippen molar-refractivity contribution in [2.24, 2.45) is 0 Å². The third-order valence-corrected chi connectivity index (χ3v) is 4.95. The highest BCUT2D eigenvalue weighted by molar-refractivity contribution is 9.10. The average molecular weight is 463 g/mol. The zero-order chi connectivity index (χ0) is 20.2. The third kappa shape index (κ3) is 7.98. The summed E-state index contributed by atoms with van der Waals surface area (Å²) in [7, 11) is 0. The molecule has 0 atom stereocenters. The number of unbranched alkanes of at least 4 members (excludes halogenated alkanes) is 3. The molecule has 0 aliphatic heterocycles. The highest BCUT2D eigenvalue weighted by Crippen LogP contribution is 2.23. The smallest absolute Gasteiger partial charge is 0.261 e. The van der Waals surface area contributed by atoms with Crippen molar-refractivity contribution in [1.82, 2.24) is 10.6 Å². The van der Waals surface area contributed by atoms with Crippen molar-refractivity contribution in [2.75, 3.05) is 13.2 Å². The molecule has 150 valence electrons. The van der Waals surface area contributed by atoms with E-state index in [1.807, 2.05) is 30.3 Å². The first kappa shape index (κ1) is 22.4. The highest BCUT2D eigenvalue weighted by Gasteiger charge is 2.14. The second-order valence-corrected chi connectivity index (χ2v) is 7.82. The van der Waals surface area contributed by atoms with E-state index in [4.69, 9.17) is 17.0 Å². The molecule has 0 spiro atoms. The molecule has 0 saturated heterocycles. The topological polar surface area (TPSA) is 50.4 Å². The van der Waals surface area contributed by atoms with E-state index in [0.717, 1.165) is 23.7 Å². The Hall–Kier alpha value is -1.92. The van der Waals surface area contributed by atoms with E-state index in [0.29, 0.717) is 29.6 Å². The summed E-state index contributed by atoms with van der Waals surface area (Å²) in [5.41, 5.74) is 1.69. The van der Waals surface area contributed by atoms with E-state index >= 15 is 0 Å². The van der Waals surface area contributed by atoms with Gasteiger partial charge in [0.2, 0.25) is 0 Å². The van der Waals surface area contributed by atoms with Crippen LogP contribution in [0.15, 0.2) is 53.0 Å². The fourth-order valence-electron chi connectivity index (χ4n) is 2.70. The summed E-state index contributed by atoms with van der Waals surface area (Å²) < 4.78 is 6.65. The molecule has 0 aromatic heterocycles. The number of benzene rings is 2. The van der Waals surface area contributed by atoms with Gasteiger partial charge in [-0.1, -0.05) is 72.4 Å². The third-order valence-electron chi connectivity index (χ3n) is 4.21. The molecular weight excluding hydrogens is 436 g/mol. The van der Waals surface area contributed by atoms with Gasteiger partial charge in [0.15, 0.2) is 5.11 Å². The van der Waals surface area contributed by atoms with Gasteiger partial charge in [-0.15, -0.1) is 0 Å². The van der Waals surface area contributed by atoms with Crippen LogP contribution in [-0.4, -0.2) is 24.2 Å². The van der Waals surface area contributed by atoms with Crippen LogP contribution in [0.2, 0.25) is 0 Å².